The number of ether oxygens (including phenoxy) is 1. The van der Waals surface area contributed by atoms with Crippen LogP contribution in [0.25, 0.3) is 0 Å². The highest BCUT2D eigenvalue weighted by Crippen LogP contribution is 2.29. The first kappa shape index (κ1) is 10.3. The normalized spacial score (nSPS) is 24.9. The van der Waals surface area contributed by atoms with Crippen molar-refractivity contribution >= 4 is 12.6 Å². The zero-order valence-corrected chi connectivity index (χ0v) is 9.65. The minimum Gasteiger partial charge on any atom is -0.493 e. The van der Waals surface area contributed by atoms with Crippen molar-refractivity contribution in [2.24, 2.45) is 0 Å². The van der Waals surface area contributed by atoms with Gasteiger partial charge in [0, 0.05) is 24.7 Å². The molecule has 0 bridgehead atoms. The predicted molar refractivity (Wildman–Crippen MR) is 59.7 cm³/mol. The lowest BCUT2D eigenvalue weighted by Crippen LogP contribution is -2.48. The maximum absolute atomic E-state index is 9.77. The Morgan fingerprint density at radius 3 is 3.19 bits per heavy atom. The van der Waals surface area contributed by atoms with Crippen molar-refractivity contribution in [3.8, 4) is 5.88 Å². The molecular formula is C10H13N3O2S. The van der Waals surface area contributed by atoms with Gasteiger partial charge in [0.25, 0.3) is 0 Å². The van der Waals surface area contributed by atoms with E-state index in [1.807, 2.05) is 0 Å². The summed E-state index contributed by atoms with van der Waals surface area (Å²) in [5, 5.41) is 10.1. The molecule has 0 aromatic carbocycles. The van der Waals surface area contributed by atoms with Crippen LogP contribution < -0.4 is 0 Å². The topological polar surface area (TPSA) is 58.5 Å². The predicted octanol–water partition coefficient (Wildman–Crippen LogP) is 0.228. The molecule has 3 rings (SSSR count). The van der Waals surface area contributed by atoms with E-state index in [4.69, 9.17) is 4.74 Å². The lowest BCUT2D eigenvalue weighted by atomic mass is 9.98. The minimum absolute atomic E-state index is 0.0697. The monoisotopic (exact) mass is 239 g/mol. The van der Waals surface area contributed by atoms with Gasteiger partial charge in [0.05, 0.1) is 18.9 Å². The molecule has 0 amide bonds. The molecule has 3 heterocycles. The van der Waals surface area contributed by atoms with E-state index in [9.17, 15) is 5.11 Å². The number of aromatic nitrogens is 2. The number of aromatic hydroxyl groups is 1. The van der Waals surface area contributed by atoms with Crippen molar-refractivity contribution in [1.82, 2.24) is 14.9 Å². The van der Waals surface area contributed by atoms with E-state index in [1.165, 1.54) is 0 Å². The Balaban J connectivity index is 1.98. The summed E-state index contributed by atoms with van der Waals surface area (Å²) in [5.74, 6) is 0.0697. The first-order valence-corrected chi connectivity index (χ1v) is 5.78. The van der Waals surface area contributed by atoms with Crippen LogP contribution in [0.4, 0.5) is 0 Å². The molecule has 1 unspecified atom stereocenters. The molecule has 1 aromatic rings. The van der Waals surface area contributed by atoms with Crippen LogP contribution in [0.1, 0.15) is 11.3 Å². The van der Waals surface area contributed by atoms with Crippen molar-refractivity contribution in [2.45, 2.75) is 24.2 Å². The van der Waals surface area contributed by atoms with Gasteiger partial charge in [-0.15, -0.1) is 12.6 Å². The molecule has 0 saturated carbocycles. The van der Waals surface area contributed by atoms with E-state index in [1.54, 1.807) is 0 Å². The second-order valence-electron chi connectivity index (χ2n) is 4.18. The molecule has 0 spiro atoms. The molecule has 0 radical (unpaired) electrons. The molecule has 16 heavy (non-hydrogen) atoms. The molecular weight excluding hydrogens is 226 g/mol. The number of hydrogen-bond donors (Lipinski definition) is 2. The van der Waals surface area contributed by atoms with E-state index < -0.39 is 0 Å². The zero-order valence-electron chi connectivity index (χ0n) is 8.76. The highest BCUT2D eigenvalue weighted by Gasteiger charge is 2.31. The Morgan fingerprint density at radius 1 is 1.44 bits per heavy atom. The second-order valence-corrected chi connectivity index (χ2v) is 4.58. The first-order valence-electron chi connectivity index (χ1n) is 5.33. The summed E-state index contributed by atoms with van der Waals surface area (Å²) in [6.07, 6.45) is 0.759. The third kappa shape index (κ3) is 1.66. The summed E-state index contributed by atoms with van der Waals surface area (Å²) in [5.41, 5.74) is 1.75. The van der Waals surface area contributed by atoms with Crippen LogP contribution in [0.3, 0.4) is 0 Å². The molecule has 0 aliphatic carbocycles. The van der Waals surface area contributed by atoms with Gasteiger partial charge in [-0.2, -0.15) is 4.98 Å². The number of rotatable bonds is 0. The number of thiol groups is 1. The Hall–Kier alpha value is -0.850. The van der Waals surface area contributed by atoms with Gasteiger partial charge in [-0.3, -0.25) is 4.90 Å². The molecule has 2 aliphatic heterocycles. The van der Waals surface area contributed by atoms with Crippen molar-refractivity contribution in [3.63, 3.8) is 0 Å². The second kappa shape index (κ2) is 3.87. The fourth-order valence-corrected chi connectivity index (χ4v) is 2.57. The maximum atomic E-state index is 9.77. The van der Waals surface area contributed by atoms with Crippen LogP contribution in [0.2, 0.25) is 0 Å². The average Bonchev–Trinajstić information content (AvgIpc) is 2.27. The SMILES string of the molecule is Oc1nc(S)nc2c1CC1COCCN1C2. The zero-order chi connectivity index (χ0) is 11.1. The summed E-state index contributed by atoms with van der Waals surface area (Å²) in [6, 6.07) is 0.349. The molecule has 2 aliphatic rings. The molecule has 1 atom stereocenters. The van der Waals surface area contributed by atoms with Gasteiger partial charge in [-0.25, -0.2) is 4.98 Å². The van der Waals surface area contributed by atoms with Gasteiger partial charge in [0.2, 0.25) is 5.88 Å². The first-order chi connectivity index (χ1) is 7.74. The van der Waals surface area contributed by atoms with Crippen molar-refractivity contribution in [3.05, 3.63) is 11.3 Å². The van der Waals surface area contributed by atoms with E-state index in [0.717, 1.165) is 44.0 Å². The molecule has 1 fully saturated rings. The number of hydrogen-bond acceptors (Lipinski definition) is 6. The third-order valence-electron chi connectivity index (χ3n) is 3.20. The Labute approximate surface area is 98.9 Å². The van der Waals surface area contributed by atoms with Crippen molar-refractivity contribution in [1.29, 1.82) is 0 Å². The van der Waals surface area contributed by atoms with Gasteiger partial charge >= 0.3 is 0 Å². The summed E-state index contributed by atoms with van der Waals surface area (Å²) in [6.45, 7) is 3.18. The van der Waals surface area contributed by atoms with Gasteiger partial charge in [-0.05, 0) is 6.42 Å². The molecule has 6 heteroatoms. The lowest BCUT2D eigenvalue weighted by molar-refractivity contribution is -0.0177. The Morgan fingerprint density at radius 2 is 2.31 bits per heavy atom. The number of morpholine rings is 1. The van der Waals surface area contributed by atoms with E-state index in [-0.39, 0.29) is 5.88 Å². The summed E-state index contributed by atoms with van der Waals surface area (Å²) < 4.78 is 5.44. The van der Waals surface area contributed by atoms with Crippen LogP contribution in [0.15, 0.2) is 5.16 Å². The third-order valence-corrected chi connectivity index (χ3v) is 3.40. The lowest BCUT2D eigenvalue weighted by Gasteiger charge is -2.39. The number of nitrogens with zero attached hydrogens (tertiary/aromatic N) is 3. The summed E-state index contributed by atoms with van der Waals surface area (Å²) in [7, 11) is 0. The summed E-state index contributed by atoms with van der Waals surface area (Å²) >= 11 is 4.08. The molecule has 1 aromatic heterocycles. The fraction of sp³-hybridized carbons (Fsp3) is 0.600. The van der Waals surface area contributed by atoms with Crippen molar-refractivity contribution in [2.75, 3.05) is 19.8 Å². The maximum Gasteiger partial charge on any atom is 0.218 e. The largest absolute Gasteiger partial charge is 0.493 e. The van der Waals surface area contributed by atoms with Crippen LogP contribution in [0.5, 0.6) is 5.88 Å². The van der Waals surface area contributed by atoms with Crippen LogP contribution >= 0.6 is 12.6 Å². The van der Waals surface area contributed by atoms with Gasteiger partial charge in [0.1, 0.15) is 0 Å². The fourth-order valence-electron chi connectivity index (χ4n) is 2.36. The smallest absolute Gasteiger partial charge is 0.218 e. The van der Waals surface area contributed by atoms with Crippen molar-refractivity contribution < 1.29 is 9.84 Å². The molecule has 5 nitrogen and oxygen atoms in total. The van der Waals surface area contributed by atoms with E-state index in [2.05, 4.69) is 27.5 Å². The Kier molecular flexibility index (Phi) is 2.49. The van der Waals surface area contributed by atoms with Crippen LogP contribution in [0, 0.1) is 0 Å². The Bertz CT molecular complexity index is 427. The standard InChI is InChI=1S/C10H13N3O2S/c14-9-7-3-6-5-15-2-1-13(6)4-8(7)11-10(16)12-9/h6H,1-5H2,(H2,11,12,14,16). The van der Waals surface area contributed by atoms with Gasteiger partial charge < -0.3 is 9.84 Å². The molecule has 86 valence electrons. The van der Waals surface area contributed by atoms with E-state index >= 15 is 0 Å². The molecule has 1 N–H and O–H groups in total. The van der Waals surface area contributed by atoms with Crippen LogP contribution in [-0.4, -0.2) is 45.8 Å². The minimum atomic E-state index is 0.0697. The van der Waals surface area contributed by atoms with E-state index in [0.29, 0.717) is 11.2 Å². The highest BCUT2D eigenvalue weighted by molar-refractivity contribution is 7.80. The molecule has 1 saturated heterocycles. The quantitative estimate of drug-likeness (QED) is 0.501. The van der Waals surface area contributed by atoms with Crippen LogP contribution in [-0.2, 0) is 17.7 Å². The number of fused-ring (bicyclic) bond motifs is 2. The van der Waals surface area contributed by atoms with Gasteiger partial charge in [-0.1, -0.05) is 0 Å². The summed E-state index contributed by atoms with van der Waals surface area (Å²) in [4.78, 5) is 10.5. The average molecular weight is 239 g/mol. The van der Waals surface area contributed by atoms with Gasteiger partial charge in [0.15, 0.2) is 5.16 Å². The highest BCUT2D eigenvalue weighted by atomic mass is 32.1.